The summed E-state index contributed by atoms with van der Waals surface area (Å²) in [5.74, 6) is 2.50. The zero-order valence-corrected chi connectivity index (χ0v) is 20.0. The predicted molar refractivity (Wildman–Crippen MR) is 121 cm³/mol. The number of aromatic nitrogens is 9. The highest BCUT2D eigenvalue weighted by Crippen LogP contribution is 1.82. The van der Waals surface area contributed by atoms with E-state index in [4.69, 9.17) is 0 Å². The molecule has 3 aromatic heterocycles. The minimum Gasteiger partial charge on any atom is -0.241 e. The van der Waals surface area contributed by atoms with E-state index >= 15 is 0 Å². The molecule has 9 nitrogen and oxygen atoms in total. The van der Waals surface area contributed by atoms with Gasteiger partial charge in [-0.3, -0.25) is 0 Å². The highest BCUT2D eigenvalue weighted by molar-refractivity contribution is 4.69. The van der Waals surface area contributed by atoms with Crippen LogP contribution in [0.1, 0.15) is 62.3 Å². The molecule has 0 N–H and O–H groups in total. The molecule has 0 aliphatic rings. The minimum atomic E-state index is 0.833. The first-order valence-corrected chi connectivity index (χ1v) is 9.91. The van der Waals surface area contributed by atoms with Crippen molar-refractivity contribution in [3.8, 4) is 0 Å². The van der Waals surface area contributed by atoms with Crippen LogP contribution < -0.4 is 0 Å². The normalized spacial score (nSPS) is 8.40. The number of hydrogen-bond donors (Lipinski definition) is 0. The molecule has 0 aliphatic carbocycles. The second-order valence-corrected chi connectivity index (χ2v) is 7.59. The largest absolute Gasteiger partial charge is 0.241 e. The van der Waals surface area contributed by atoms with E-state index in [-0.39, 0.29) is 0 Å². The van der Waals surface area contributed by atoms with E-state index in [0.717, 1.165) is 17.8 Å². The molecule has 0 saturated heterocycles. The second kappa shape index (κ2) is 28.2. The van der Waals surface area contributed by atoms with E-state index < -0.39 is 0 Å². The molecule has 30 heavy (non-hydrogen) atoms. The molecule has 0 aliphatic heterocycles. The highest BCUT2D eigenvalue weighted by Gasteiger charge is 1.69. The third kappa shape index (κ3) is 64.0. The lowest BCUT2D eigenvalue weighted by Gasteiger charge is -1.79. The second-order valence-electron chi connectivity index (χ2n) is 7.59. The predicted octanol–water partition coefficient (Wildman–Crippen LogP) is 4.60. The van der Waals surface area contributed by atoms with E-state index in [1.165, 1.54) is 25.0 Å². The summed E-state index contributed by atoms with van der Waals surface area (Å²) < 4.78 is 0. The molecular weight excluding hydrogens is 378 g/mol. The van der Waals surface area contributed by atoms with Crippen LogP contribution in [0.5, 0.6) is 0 Å². The summed E-state index contributed by atoms with van der Waals surface area (Å²) in [5.41, 5.74) is 0. The summed E-state index contributed by atoms with van der Waals surface area (Å²) in [5, 5.41) is 23.9. The lowest BCUT2D eigenvalue weighted by atomic mass is 10.3. The fourth-order valence-corrected chi connectivity index (χ4v) is 0.615. The first-order valence-electron chi connectivity index (χ1n) is 9.91. The van der Waals surface area contributed by atoms with Crippen LogP contribution in [0.25, 0.3) is 0 Å². The van der Waals surface area contributed by atoms with Gasteiger partial charge in [-0.2, -0.15) is 10.2 Å². The summed E-state index contributed by atoms with van der Waals surface area (Å²) in [6.07, 6.45) is 12.1. The van der Waals surface area contributed by atoms with Crippen molar-refractivity contribution in [2.45, 2.75) is 62.3 Å². The lowest BCUT2D eigenvalue weighted by Crippen LogP contribution is -1.78. The zero-order valence-electron chi connectivity index (χ0n) is 20.0. The average Bonchev–Trinajstić information content (AvgIpc) is 2.72. The molecule has 0 amide bonds. The van der Waals surface area contributed by atoms with Gasteiger partial charge >= 0.3 is 0 Å². The van der Waals surface area contributed by atoms with Crippen molar-refractivity contribution in [1.29, 1.82) is 0 Å². The summed E-state index contributed by atoms with van der Waals surface area (Å²) in [7, 11) is 0. The van der Waals surface area contributed by atoms with Gasteiger partial charge in [0.05, 0.1) is 24.8 Å². The maximum atomic E-state index is 3.61. The Morgan fingerprint density at radius 1 is 0.400 bits per heavy atom. The van der Waals surface area contributed by atoms with E-state index in [1.54, 1.807) is 30.9 Å². The maximum Gasteiger partial charge on any atom is 0.138 e. The minimum absolute atomic E-state index is 0.833. The molecule has 3 heterocycles. The Morgan fingerprint density at radius 3 is 0.800 bits per heavy atom. The zero-order chi connectivity index (χ0) is 23.5. The Morgan fingerprint density at radius 2 is 0.733 bits per heavy atom. The van der Waals surface area contributed by atoms with Crippen molar-refractivity contribution in [2.24, 2.45) is 17.8 Å². The molecule has 0 aromatic carbocycles. The van der Waals surface area contributed by atoms with Gasteiger partial charge in [-0.1, -0.05) is 62.3 Å². The van der Waals surface area contributed by atoms with Crippen LogP contribution >= 0.6 is 0 Å². The van der Waals surface area contributed by atoms with Gasteiger partial charge in [-0.25, -0.2) is 9.97 Å². The Kier molecular flexibility index (Phi) is 29.9. The Balaban J connectivity index is -0.000000296. The molecule has 0 radical (unpaired) electrons. The molecule has 168 valence electrons. The van der Waals surface area contributed by atoms with Gasteiger partial charge in [0.15, 0.2) is 0 Å². The van der Waals surface area contributed by atoms with Crippen molar-refractivity contribution < 1.29 is 0 Å². The molecule has 0 bridgehead atoms. The smallest absolute Gasteiger partial charge is 0.138 e. The molecule has 0 unspecified atom stereocenters. The number of nitrogens with zero attached hydrogens (tertiary/aromatic N) is 9. The maximum absolute atomic E-state index is 3.61. The molecule has 0 spiro atoms. The van der Waals surface area contributed by atoms with Crippen LogP contribution in [0.4, 0.5) is 0 Å². The van der Waals surface area contributed by atoms with Gasteiger partial charge in [0.1, 0.15) is 12.7 Å². The molecule has 3 rings (SSSR count). The Bertz CT molecular complexity index is 417. The first-order chi connectivity index (χ1) is 14.2. The summed E-state index contributed by atoms with van der Waals surface area (Å²) >= 11 is 0. The summed E-state index contributed by atoms with van der Waals surface area (Å²) in [4.78, 5) is 7.22. The topological polar surface area (TPSA) is 116 Å². The third-order valence-corrected chi connectivity index (χ3v) is 1.22. The van der Waals surface area contributed by atoms with Gasteiger partial charge in [-0.05, 0) is 29.0 Å². The Hall–Kier alpha value is -2.97. The number of hydrogen-bond acceptors (Lipinski definition) is 9. The summed E-state index contributed by atoms with van der Waals surface area (Å²) in [6.45, 7) is 19.5. The SMILES string of the molecule is CC(C)C.CC(C)C.CC(C)C.c1cnncn1.c1cnncn1.c1cnnnc1. The molecule has 3 aromatic rings. The van der Waals surface area contributed by atoms with Crippen molar-refractivity contribution >= 4 is 0 Å². The van der Waals surface area contributed by atoms with Crippen LogP contribution in [0.2, 0.25) is 0 Å². The van der Waals surface area contributed by atoms with Gasteiger partial charge in [-0.15, -0.1) is 20.4 Å². The van der Waals surface area contributed by atoms with Crippen LogP contribution in [0.3, 0.4) is 0 Å². The van der Waals surface area contributed by atoms with Crippen LogP contribution in [0, 0.1) is 17.8 Å². The van der Waals surface area contributed by atoms with Gasteiger partial charge in [0.2, 0.25) is 0 Å². The third-order valence-electron chi connectivity index (χ3n) is 1.22. The van der Waals surface area contributed by atoms with Crippen LogP contribution in [-0.2, 0) is 0 Å². The molecule has 9 heteroatoms. The van der Waals surface area contributed by atoms with Gasteiger partial charge < -0.3 is 0 Å². The lowest BCUT2D eigenvalue weighted by molar-refractivity contribution is 0.736. The van der Waals surface area contributed by atoms with Crippen molar-refractivity contribution in [2.75, 3.05) is 0 Å². The fraction of sp³-hybridized carbons (Fsp3) is 0.571. The average molecular weight is 418 g/mol. The van der Waals surface area contributed by atoms with Crippen LogP contribution in [-0.4, -0.2) is 45.8 Å². The van der Waals surface area contributed by atoms with E-state index in [1.807, 2.05) is 0 Å². The fourth-order valence-electron chi connectivity index (χ4n) is 0.615. The van der Waals surface area contributed by atoms with Gasteiger partial charge in [0.25, 0.3) is 0 Å². The van der Waals surface area contributed by atoms with Gasteiger partial charge in [0, 0.05) is 12.4 Å². The monoisotopic (exact) mass is 417 g/mol. The number of rotatable bonds is 0. The Labute approximate surface area is 182 Å². The van der Waals surface area contributed by atoms with Crippen molar-refractivity contribution in [3.05, 3.63) is 55.9 Å². The standard InChI is InChI=1S/3C4H10.3C3H3N3/c3*1-4(2)3;2*1-2-5-6-3-4-1;1-2-4-6-5-3-1/h3*4H,1-3H3;3*1-3H. The highest BCUT2D eigenvalue weighted by atomic mass is 15.3. The molecular formula is C21H39N9. The van der Waals surface area contributed by atoms with Crippen molar-refractivity contribution in [3.63, 3.8) is 0 Å². The summed E-state index contributed by atoms with van der Waals surface area (Å²) in [6, 6.07) is 1.72. The molecule has 0 fully saturated rings. The first kappa shape index (κ1) is 31.7. The van der Waals surface area contributed by atoms with E-state index in [9.17, 15) is 0 Å². The van der Waals surface area contributed by atoms with E-state index in [2.05, 4.69) is 108 Å². The quantitative estimate of drug-likeness (QED) is 0.517. The molecule has 0 saturated carbocycles. The van der Waals surface area contributed by atoms with Crippen molar-refractivity contribution in [1.82, 2.24) is 45.8 Å². The molecule has 0 atom stereocenters. The van der Waals surface area contributed by atoms with E-state index in [0.29, 0.717) is 0 Å². The van der Waals surface area contributed by atoms with Crippen LogP contribution in [0.15, 0.2) is 55.9 Å².